The van der Waals surface area contributed by atoms with Gasteiger partial charge in [-0.25, -0.2) is 0 Å². The molecule has 2 heteroatoms. The summed E-state index contributed by atoms with van der Waals surface area (Å²) in [4.78, 5) is 2.46. The molecule has 2 aromatic carbocycles. The number of benzene rings is 2. The molecule has 1 unspecified atom stereocenters. The fraction of sp³-hybridized carbons (Fsp3) is 0.333. The molecule has 0 N–H and O–H groups in total. The van der Waals surface area contributed by atoms with Crippen LogP contribution in [0.4, 0.5) is 5.69 Å². The van der Waals surface area contributed by atoms with E-state index in [1.165, 1.54) is 11.3 Å². The van der Waals surface area contributed by atoms with Crippen LogP contribution in [0.25, 0.3) is 0 Å². The lowest BCUT2D eigenvalue weighted by Crippen LogP contribution is -2.34. The minimum atomic E-state index is 0.147. The van der Waals surface area contributed by atoms with Gasteiger partial charge < -0.3 is 4.90 Å². The second kappa shape index (κ2) is 6.32. The number of para-hydroxylation sites is 1. The van der Waals surface area contributed by atoms with Crippen molar-refractivity contribution in [3.8, 4) is 0 Å². The largest absolute Gasteiger partial charge is 0.372 e. The highest BCUT2D eigenvalue weighted by Gasteiger charge is 2.26. The zero-order valence-corrected chi connectivity index (χ0v) is 12.3. The van der Waals surface area contributed by atoms with Crippen LogP contribution in [0.15, 0.2) is 60.7 Å². The maximum Gasteiger partial charge on any atom is 0.0614 e. The zero-order valence-electron chi connectivity index (χ0n) is 11.6. The van der Waals surface area contributed by atoms with Crippen molar-refractivity contribution in [1.82, 2.24) is 0 Å². The normalized spacial score (nSPS) is 17.9. The first-order chi connectivity index (χ1) is 9.84. The van der Waals surface area contributed by atoms with Crippen LogP contribution in [0.2, 0.25) is 0 Å². The molecule has 0 bridgehead atoms. The predicted octanol–water partition coefficient (Wildman–Crippen LogP) is 4.88. The van der Waals surface area contributed by atoms with Crippen molar-refractivity contribution in [2.75, 3.05) is 18.0 Å². The minimum Gasteiger partial charge on any atom is -0.372 e. The molecule has 20 heavy (non-hydrogen) atoms. The van der Waals surface area contributed by atoms with Crippen molar-refractivity contribution in [3.05, 3.63) is 66.2 Å². The molecule has 0 amide bonds. The molecule has 1 atom stereocenters. The molecule has 0 spiro atoms. The molecule has 1 saturated heterocycles. The lowest BCUT2D eigenvalue weighted by atomic mass is 9.89. The smallest absolute Gasteiger partial charge is 0.0614 e. The highest BCUT2D eigenvalue weighted by atomic mass is 35.5. The van der Waals surface area contributed by atoms with Gasteiger partial charge in [-0.3, -0.25) is 0 Å². The van der Waals surface area contributed by atoms with Gasteiger partial charge in [-0.05, 0) is 36.5 Å². The Morgan fingerprint density at radius 2 is 1.40 bits per heavy atom. The van der Waals surface area contributed by atoms with Gasteiger partial charge in [-0.2, -0.15) is 0 Å². The van der Waals surface area contributed by atoms with Crippen molar-refractivity contribution < 1.29 is 0 Å². The van der Waals surface area contributed by atoms with E-state index in [9.17, 15) is 0 Å². The topological polar surface area (TPSA) is 3.24 Å². The quantitative estimate of drug-likeness (QED) is 0.726. The molecule has 104 valence electrons. The molecule has 0 aromatic heterocycles. The molecule has 3 rings (SSSR count). The van der Waals surface area contributed by atoms with Crippen LogP contribution in [0.1, 0.15) is 23.8 Å². The molecule has 0 radical (unpaired) electrons. The Morgan fingerprint density at radius 3 is 2.00 bits per heavy atom. The highest BCUT2D eigenvalue weighted by molar-refractivity contribution is 6.21. The van der Waals surface area contributed by atoms with Crippen molar-refractivity contribution in [2.45, 2.75) is 18.2 Å². The number of nitrogens with zero attached hydrogens (tertiary/aromatic N) is 1. The lowest BCUT2D eigenvalue weighted by Gasteiger charge is -2.35. The van der Waals surface area contributed by atoms with E-state index in [2.05, 4.69) is 59.5 Å². The number of hydrogen-bond donors (Lipinski definition) is 0. The first kappa shape index (κ1) is 13.5. The Labute approximate surface area is 126 Å². The average Bonchev–Trinajstić information content (AvgIpc) is 2.56. The molecular formula is C18H20ClN. The van der Waals surface area contributed by atoms with Crippen LogP contribution in [0.3, 0.4) is 0 Å². The second-order valence-corrected chi connectivity index (χ2v) is 5.94. The van der Waals surface area contributed by atoms with Crippen molar-refractivity contribution >= 4 is 17.3 Å². The summed E-state index contributed by atoms with van der Waals surface area (Å²) >= 11 is 6.66. The van der Waals surface area contributed by atoms with E-state index in [1.54, 1.807) is 0 Å². The lowest BCUT2D eigenvalue weighted by molar-refractivity contribution is 0.394. The number of anilines is 1. The van der Waals surface area contributed by atoms with Gasteiger partial charge in [0.05, 0.1) is 5.38 Å². The maximum atomic E-state index is 6.66. The molecule has 1 aliphatic heterocycles. The third-order valence-electron chi connectivity index (χ3n) is 4.19. The number of halogens is 1. The van der Waals surface area contributed by atoms with Crippen LogP contribution >= 0.6 is 11.6 Å². The van der Waals surface area contributed by atoms with E-state index in [0.29, 0.717) is 5.92 Å². The summed E-state index contributed by atoms with van der Waals surface area (Å²) in [7, 11) is 0. The van der Waals surface area contributed by atoms with Crippen molar-refractivity contribution in [2.24, 2.45) is 5.92 Å². The second-order valence-electron chi connectivity index (χ2n) is 5.47. The van der Waals surface area contributed by atoms with Gasteiger partial charge in [0.1, 0.15) is 0 Å². The van der Waals surface area contributed by atoms with Crippen molar-refractivity contribution in [1.29, 1.82) is 0 Å². The molecule has 1 aliphatic rings. The monoisotopic (exact) mass is 285 g/mol. The fourth-order valence-electron chi connectivity index (χ4n) is 3.00. The summed E-state index contributed by atoms with van der Waals surface area (Å²) in [5.41, 5.74) is 2.59. The molecule has 1 fully saturated rings. The van der Waals surface area contributed by atoms with Crippen LogP contribution < -0.4 is 4.90 Å². The number of rotatable bonds is 3. The van der Waals surface area contributed by atoms with Gasteiger partial charge in [0.15, 0.2) is 0 Å². The number of piperidine rings is 1. The van der Waals surface area contributed by atoms with E-state index < -0.39 is 0 Å². The Balaban J connectivity index is 1.61. The van der Waals surface area contributed by atoms with E-state index in [-0.39, 0.29) is 5.38 Å². The molecular weight excluding hydrogens is 266 g/mol. The summed E-state index contributed by atoms with van der Waals surface area (Å²) in [5, 5.41) is 0.147. The summed E-state index contributed by atoms with van der Waals surface area (Å²) in [6, 6.07) is 21.1. The van der Waals surface area contributed by atoms with E-state index in [1.807, 2.05) is 6.07 Å². The van der Waals surface area contributed by atoms with Gasteiger partial charge in [0.25, 0.3) is 0 Å². The first-order valence-electron chi connectivity index (χ1n) is 7.33. The summed E-state index contributed by atoms with van der Waals surface area (Å²) in [5.74, 6) is 0.582. The number of alkyl halides is 1. The van der Waals surface area contributed by atoms with Crippen LogP contribution in [0.5, 0.6) is 0 Å². The van der Waals surface area contributed by atoms with E-state index in [0.717, 1.165) is 25.9 Å². The Morgan fingerprint density at radius 1 is 0.850 bits per heavy atom. The Hall–Kier alpha value is -1.47. The maximum absolute atomic E-state index is 6.66. The third-order valence-corrected chi connectivity index (χ3v) is 4.80. The molecule has 1 nitrogen and oxygen atoms in total. The SMILES string of the molecule is ClC(c1ccccc1)C1CCN(c2ccccc2)CC1. The molecule has 0 aliphatic carbocycles. The molecule has 0 saturated carbocycles. The van der Waals surface area contributed by atoms with E-state index in [4.69, 9.17) is 11.6 Å². The highest BCUT2D eigenvalue weighted by Crippen LogP contribution is 2.36. The molecule has 2 aromatic rings. The first-order valence-corrected chi connectivity index (χ1v) is 7.77. The average molecular weight is 286 g/mol. The van der Waals surface area contributed by atoms with E-state index >= 15 is 0 Å². The van der Waals surface area contributed by atoms with Crippen molar-refractivity contribution in [3.63, 3.8) is 0 Å². The Bertz CT molecular complexity index is 518. The van der Waals surface area contributed by atoms with Gasteiger partial charge in [-0.1, -0.05) is 48.5 Å². The van der Waals surface area contributed by atoms with Gasteiger partial charge in [0.2, 0.25) is 0 Å². The fourth-order valence-corrected chi connectivity index (χ4v) is 3.40. The predicted molar refractivity (Wildman–Crippen MR) is 86.4 cm³/mol. The minimum absolute atomic E-state index is 0.147. The zero-order chi connectivity index (χ0) is 13.8. The standard InChI is InChI=1S/C18H20ClN/c19-18(15-7-3-1-4-8-15)16-11-13-20(14-12-16)17-9-5-2-6-10-17/h1-10,16,18H,11-14H2. The third kappa shape index (κ3) is 2.99. The molecule has 1 heterocycles. The van der Waals surface area contributed by atoms with Crippen LogP contribution in [-0.4, -0.2) is 13.1 Å². The van der Waals surface area contributed by atoms with Gasteiger partial charge >= 0.3 is 0 Å². The summed E-state index contributed by atoms with van der Waals surface area (Å²) in [6.07, 6.45) is 2.33. The van der Waals surface area contributed by atoms with Gasteiger partial charge in [-0.15, -0.1) is 11.6 Å². The number of hydrogen-bond acceptors (Lipinski definition) is 1. The Kier molecular flexibility index (Phi) is 4.27. The van der Waals surface area contributed by atoms with Gasteiger partial charge in [0, 0.05) is 18.8 Å². The summed E-state index contributed by atoms with van der Waals surface area (Å²) in [6.45, 7) is 2.20. The van der Waals surface area contributed by atoms with Crippen LogP contribution in [-0.2, 0) is 0 Å². The van der Waals surface area contributed by atoms with Crippen LogP contribution in [0, 0.1) is 5.92 Å². The summed E-state index contributed by atoms with van der Waals surface area (Å²) < 4.78 is 0.